The first kappa shape index (κ1) is 24.2. The second-order valence-corrected chi connectivity index (χ2v) is 9.48. The van der Waals surface area contributed by atoms with Gasteiger partial charge in [-0.25, -0.2) is 18.1 Å². The number of aromatic amines is 1. The van der Waals surface area contributed by atoms with Gasteiger partial charge < -0.3 is 15.0 Å². The number of esters is 1. The quantitative estimate of drug-likeness (QED) is 0.275. The Morgan fingerprint density at radius 3 is 2.46 bits per heavy atom. The molecule has 1 aromatic heterocycles. The highest BCUT2D eigenvalue weighted by Crippen LogP contribution is 2.27. The maximum absolute atomic E-state index is 13.3. The van der Waals surface area contributed by atoms with Gasteiger partial charge in [0.15, 0.2) is 0 Å². The molecule has 1 unspecified atom stereocenters. The first-order valence-corrected chi connectivity index (χ1v) is 12.6. The van der Waals surface area contributed by atoms with Crippen molar-refractivity contribution in [1.82, 2.24) is 14.7 Å². The molecule has 0 bridgehead atoms. The lowest BCUT2D eigenvalue weighted by atomic mass is 10.1. The highest BCUT2D eigenvalue weighted by molar-refractivity contribution is 7.89. The Morgan fingerprint density at radius 2 is 1.74 bits per heavy atom. The number of H-pyrrole nitrogens is 1. The van der Waals surface area contributed by atoms with Gasteiger partial charge in [-0.05, 0) is 47.9 Å². The molecule has 1 heterocycles. The first-order chi connectivity index (χ1) is 16.9. The summed E-state index contributed by atoms with van der Waals surface area (Å²) in [5.41, 5.74) is 3.06. The van der Waals surface area contributed by atoms with E-state index in [0.29, 0.717) is 11.5 Å². The molecule has 8 nitrogen and oxygen atoms in total. The van der Waals surface area contributed by atoms with E-state index >= 15 is 0 Å². The second kappa shape index (κ2) is 11.0. The molecule has 0 saturated carbocycles. The van der Waals surface area contributed by atoms with Gasteiger partial charge in [0, 0.05) is 18.1 Å². The summed E-state index contributed by atoms with van der Waals surface area (Å²) in [4.78, 5) is 19.4. The zero-order chi connectivity index (χ0) is 24.7. The van der Waals surface area contributed by atoms with E-state index in [0.717, 1.165) is 16.8 Å². The van der Waals surface area contributed by atoms with Crippen molar-refractivity contribution in [2.45, 2.75) is 24.3 Å². The number of ether oxygens (including phenoxy) is 1. The Balaban J connectivity index is 1.59. The number of anilines is 2. The Morgan fingerprint density at radius 1 is 1.00 bits per heavy atom. The number of imidazole rings is 1. The number of nitrogens with one attached hydrogen (secondary N) is 3. The van der Waals surface area contributed by atoms with Gasteiger partial charge in [0.1, 0.15) is 0 Å². The van der Waals surface area contributed by atoms with Crippen LogP contribution in [0.25, 0.3) is 11.1 Å². The molecule has 4 aromatic rings. The van der Waals surface area contributed by atoms with Crippen LogP contribution >= 0.6 is 0 Å². The van der Waals surface area contributed by atoms with Gasteiger partial charge in [0.2, 0.25) is 16.0 Å². The van der Waals surface area contributed by atoms with Gasteiger partial charge in [-0.2, -0.15) is 0 Å². The van der Waals surface area contributed by atoms with Crippen LogP contribution in [0.3, 0.4) is 0 Å². The molecule has 0 aliphatic heterocycles. The van der Waals surface area contributed by atoms with Crippen LogP contribution in [0, 0.1) is 0 Å². The van der Waals surface area contributed by atoms with Crippen LogP contribution in [-0.2, 0) is 19.6 Å². The normalized spacial score (nSPS) is 12.1. The van der Waals surface area contributed by atoms with Crippen LogP contribution in [0.1, 0.15) is 24.9 Å². The molecular weight excluding hydrogens is 464 g/mol. The molecule has 0 fully saturated rings. The molecule has 0 radical (unpaired) electrons. The largest absolute Gasteiger partial charge is 0.466 e. The number of hydrogen-bond donors (Lipinski definition) is 3. The Kier molecular flexibility index (Phi) is 7.59. The fourth-order valence-electron chi connectivity index (χ4n) is 3.64. The molecule has 0 spiro atoms. The van der Waals surface area contributed by atoms with E-state index in [1.165, 1.54) is 6.07 Å². The Hall–Kier alpha value is -3.95. The summed E-state index contributed by atoms with van der Waals surface area (Å²) in [6.07, 6.45) is 3.26. The zero-order valence-corrected chi connectivity index (χ0v) is 20.0. The second-order valence-electron chi connectivity index (χ2n) is 7.77. The SMILES string of the molecule is CCOC(=O)CC(NS(=O)(=O)c1cccc(-c2cccc(Nc3ncc[nH]3)c2)c1)c1ccccc1. The molecule has 0 aliphatic rings. The van der Waals surface area contributed by atoms with E-state index in [1.54, 1.807) is 55.7 Å². The van der Waals surface area contributed by atoms with Crippen molar-refractivity contribution in [3.8, 4) is 11.1 Å². The van der Waals surface area contributed by atoms with Crippen LogP contribution in [0.15, 0.2) is 96.2 Å². The molecule has 0 aliphatic carbocycles. The van der Waals surface area contributed by atoms with E-state index in [2.05, 4.69) is 20.0 Å². The third-order valence-electron chi connectivity index (χ3n) is 5.28. The summed E-state index contributed by atoms with van der Waals surface area (Å²) in [6, 6.07) is 22.5. The number of nitrogens with zero attached hydrogens (tertiary/aromatic N) is 1. The minimum absolute atomic E-state index is 0.101. The van der Waals surface area contributed by atoms with E-state index in [9.17, 15) is 13.2 Å². The van der Waals surface area contributed by atoms with Gasteiger partial charge >= 0.3 is 5.97 Å². The molecule has 1 atom stereocenters. The van der Waals surface area contributed by atoms with Gasteiger partial charge in [0.25, 0.3) is 0 Å². The van der Waals surface area contributed by atoms with Gasteiger partial charge in [-0.15, -0.1) is 0 Å². The smallest absolute Gasteiger partial charge is 0.307 e. The third kappa shape index (κ3) is 6.34. The first-order valence-electron chi connectivity index (χ1n) is 11.1. The Bertz CT molecular complexity index is 1370. The van der Waals surface area contributed by atoms with Gasteiger partial charge in [-0.3, -0.25) is 4.79 Å². The molecule has 0 amide bonds. The summed E-state index contributed by atoms with van der Waals surface area (Å²) >= 11 is 0. The molecule has 35 heavy (non-hydrogen) atoms. The van der Waals surface area contributed by atoms with Crippen molar-refractivity contribution in [3.05, 3.63) is 96.8 Å². The summed E-state index contributed by atoms with van der Waals surface area (Å²) in [7, 11) is -3.94. The summed E-state index contributed by atoms with van der Waals surface area (Å²) in [6.45, 7) is 1.94. The number of carbonyl (C=O) groups is 1. The van der Waals surface area contributed by atoms with Crippen molar-refractivity contribution in [2.24, 2.45) is 0 Å². The Labute approximate surface area is 204 Å². The molecule has 3 aromatic carbocycles. The average molecular weight is 491 g/mol. The van der Waals surface area contributed by atoms with E-state index in [-0.39, 0.29) is 17.9 Å². The fraction of sp³-hybridized carbons (Fsp3) is 0.154. The average Bonchev–Trinajstić information content (AvgIpc) is 3.37. The number of aromatic nitrogens is 2. The summed E-state index contributed by atoms with van der Waals surface area (Å²) < 4.78 is 34.4. The lowest BCUT2D eigenvalue weighted by Crippen LogP contribution is -2.30. The molecule has 4 rings (SSSR count). The standard InChI is InChI=1S/C26H26N4O4S/c1-2-34-25(31)18-24(19-8-4-3-5-9-19)30-35(32,33)23-13-7-11-21(17-23)20-10-6-12-22(16-20)29-26-27-14-15-28-26/h3-17,24,30H,2,18H2,1H3,(H2,27,28,29). The highest BCUT2D eigenvalue weighted by Gasteiger charge is 2.24. The lowest BCUT2D eigenvalue weighted by Gasteiger charge is -2.19. The molecule has 3 N–H and O–H groups in total. The van der Waals surface area contributed by atoms with Crippen LogP contribution in [0.5, 0.6) is 0 Å². The minimum Gasteiger partial charge on any atom is -0.466 e. The summed E-state index contributed by atoms with van der Waals surface area (Å²) in [5, 5.41) is 3.17. The van der Waals surface area contributed by atoms with Crippen LogP contribution in [0.2, 0.25) is 0 Å². The molecular formula is C26H26N4O4S. The molecule has 180 valence electrons. The maximum Gasteiger partial charge on any atom is 0.307 e. The van der Waals surface area contributed by atoms with E-state index < -0.39 is 22.0 Å². The number of sulfonamides is 1. The predicted octanol–water partition coefficient (Wildman–Crippen LogP) is 4.79. The maximum atomic E-state index is 13.3. The van der Waals surface area contributed by atoms with Gasteiger partial charge in [0.05, 0.1) is 24.0 Å². The molecule has 0 saturated heterocycles. The van der Waals surface area contributed by atoms with Crippen molar-refractivity contribution in [3.63, 3.8) is 0 Å². The van der Waals surface area contributed by atoms with Crippen LogP contribution < -0.4 is 10.0 Å². The third-order valence-corrected chi connectivity index (χ3v) is 6.75. The van der Waals surface area contributed by atoms with Gasteiger partial charge in [-0.1, -0.05) is 54.6 Å². The monoisotopic (exact) mass is 490 g/mol. The number of benzene rings is 3. The number of hydrogen-bond acceptors (Lipinski definition) is 6. The van der Waals surface area contributed by atoms with Crippen LogP contribution in [-0.4, -0.2) is 31.0 Å². The van der Waals surface area contributed by atoms with Crippen molar-refractivity contribution in [1.29, 1.82) is 0 Å². The molecule has 9 heteroatoms. The summed E-state index contributed by atoms with van der Waals surface area (Å²) in [5.74, 6) is 0.134. The number of rotatable bonds is 10. The zero-order valence-electron chi connectivity index (χ0n) is 19.1. The van der Waals surface area contributed by atoms with Crippen molar-refractivity contribution >= 4 is 27.6 Å². The highest BCUT2D eigenvalue weighted by atomic mass is 32.2. The number of carbonyl (C=O) groups excluding carboxylic acids is 1. The van der Waals surface area contributed by atoms with E-state index in [1.807, 2.05) is 36.4 Å². The van der Waals surface area contributed by atoms with Crippen molar-refractivity contribution in [2.75, 3.05) is 11.9 Å². The topological polar surface area (TPSA) is 113 Å². The fourth-order valence-corrected chi connectivity index (χ4v) is 4.91. The predicted molar refractivity (Wildman–Crippen MR) is 135 cm³/mol. The lowest BCUT2D eigenvalue weighted by molar-refractivity contribution is -0.143. The minimum atomic E-state index is -3.94. The van der Waals surface area contributed by atoms with Crippen molar-refractivity contribution < 1.29 is 17.9 Å². The van der Waals surface area contributed by atoms with Crippen LogP contribution in [0.4, 0.5) is 11.6 Å². The van der Waals surface area contributed by atoms with E-state index in [4.69, 9.17) is 4.74 Å².